The quantitative estimate of drug-likeness (QED) is 0.916. The Bertz CT molecular complexity index is 682. The molecule has 0 spiro atoms. The molecule has 1 aromatic carbocycles. The lowest BCUT2D eigenvalue weighted by Crippen LogP contribution is -2.28. The van der Waals surface area contributed by atoms with Gasteiger partial charge >= 0.3 is 0 Å². The molecule has 0 amide bonds. The summed E-state index contributed by atoms with van der Waals surface area (Å²) in [5, 5.41) is 16.2. The van der Waals surface area contributed by atoms with Gasteiger partial charge < -0.3 is 10.8 Å². The van der Waals surface area contributed by atoms with Gasteiger partial charge in [0.2, 0.25) is 0 Å². The zero-order chi connectivity index (χ0) is 15.2. The summed E-state index contributed by atoms with van der Waals surface area (Å²) >= 11 is 6.37. The van der Waals surface area contributed by atoms with Crippen molar-refractivity contribution in [3.05, 3.63) is 51.8 Å². The molecular formula is C16H20ClN3O. The van der Waals surface area contributed by atoms with Gasteiger partial charge in [-0.3, -0.25) is 4.68 Å². The summed E-state index contributed by atoms with van der Waals surface area (Å²) in [6.07, 6.45) is 0.946. The molecule has 0 saturated carbocycles. The highest BCUT2D eigenvalue weighted by molar-refractivity contribution is 6.31. The SMILES string of the molecule is CCn1nc(C)c(Cl)c1CC1(O)CC(N)c2ccccc21. The molecule has 112 valence electrons. The third-order valence-electron chi connectivity index (χ3n) is 4.33. The summed E-state index contributed by atoms with van der Waals surface area (Å²) in [5.41, 5.74) is 8.81. The maximum Gasteiger partial charge on any atom is 0.0973 e. The smallest absolute Gasteiger partial charge is 0.0973 e. The number of halogens is 1. The molecule has 0 bridgehead atoms. The summed E-state index contributed by atoms with van der Waals surface area (Å²) in [6.45, 7) is 4.63. The molecule has 0 radical (unpaired) electrons. The standard InChI is InChI=1S/C16H20ClN3O/c1-3-20-14(15(17)10(2)19-20)9-16(21)8-13(18)11-6-4-5-7-12(11)16/h4-7,13,21H,3,8-9,18H2,1-2H3. The van der Waals surface area contributed by atoms with Crippen LogP contribution in [0.25, 0.3) is 0 Å². The molecule has 4 nitrogen and oxygen atoms in total. The highest BCUT2D eigenvalue weighted by Crippen LogP contribution is 2.44. The molecule has 2 aromatic rings. The van der Waals surface area contributed by atoms with Gasteiger partial charge in [0.15, 0.2) is 0 Å². The van der Waals surface area contributed by atoms with Crippen LogP contribution in [0.15, 0.2) is 24.3 Å². The van der Waals surface area contributed by atoms with Crippen LogP contribution in [-0.4, -0.2) is 14.9 Å². The topological polar surface area (TPSA) is 64.1 Å². The number of aromatic nitrogens is 2. The van der Waals surface area contributed by atoms with E-state index in [1.165, 1.54) is 0 Å². The summed E-state index contributed by atoms with van der Waals surface area (Å²) in [7, 11) is 0. The van der Waals surface area contributed by atoms with E-state index >= 15 is 0 Å². The third-order valence-corrected chi connectivity index (χ3v) is 4.82. The molecule has 3 rings (SSSR count). The Morgan fingerprint density at radius 3 is 2.90 bits per heavy atom. The van der Waals surface area contributed by atoms with Crippen LogP contribution in [0.3, 0.4) is 0 Å². The molecule has 21 heavy (non-hydrogen) atoms. The van der Waals surface area contributed by atoms with Crippen LogP contribution in [-0.2, 0) is 18.6 Å². The Morgan fingerprint density at radius 2 is 2.19 bits per heavy atom. The molecular weight excluding hydrogens is 286 g/mol. The predicted molar refractivity (Wildman–Crippen MR) is 83.2 cm³/mol. The molecule has 2 atom stereocenters. The first kappa shape index (κ1) is 14.6. The van der Waals surface area contributed by atoms with Crippen molar-refractivity contribution in [1.82, 2.24) is 9.78 Å². The van der Waals surface area contributed by atoms with E-state index in [-0.39, 0.29) is 6.04 Å². The molecule has 1 aromatic heterocycles. The number of nitrogens with zero attached hydrogens (tertiary/aromatic N) is 2. The molecule has 5 heteroatoms. The van der Waals surface area contributed by atoms with E-state index in [0.717, 1.165) is 29.1 Å². The molecule has 0 saturated heterocycles. The van der Waals surface area contributed by atoms with Gasteiger partial charge in [0, 0.05) is 19.0 Å². The summed E-state index contributed by atoms with van der Waals surface area (Å²) in [6, 6.07) is 7.70. The Labute approximate surface area is 129 Å². The lowest BCUT2D eigenvalue weighted by molar-refractivity contribution is 0.0322. The number of aliphatic hydroxyl groups is 1. The normalized spacial score (nSPS) is 24.3. The lowest BCUT2D eigenvalue weighted by Gasteiger charge is -2.24. The first-order chi connectivity index (χ1) is 9.96. The van der Waals surface area contributed by atoms with Crippen molar-refractivity contribution in [1.29, 1.82) is 0 Å². The molecule has 0 fully saturated rings. The number of benzene rings is 1. The molecule has 0 aliphatic heterocycles. The number of aryl methyl sites for hydroxylation is 2. The second-order valence-corrected chi connectivity index (χ2v) is 6.15. The van der Waals surface area contributed by atoms with Crippen LogP contribution in [0.2, 0.25) is 5.02 Å². The minimum Gasteiger partial charge on any atom is -0.385 e. The highest BCUT2D eigenvalue weighted by Gasteiger charge is 2.42. The van der Waals surface area contributed by atoms with Gasteiger partial charge in [0.05, 0.1) is 22.0 Å². The van der Waals surface area contributed by atoms with Gasteiger partial charge in [-0.25, -0.2) is 0 Å². The second kappa shape index (κ2) is 5.13. The maximum atomic E-state index is 11.1. The average Bonchev–Trinajstić information content (AvgIpc) is 2.88. The monoisotopic (exact) mass is 305 g/mol. The van der Waals surface area contributed by atoms with Crippen LogP contribution < -0.4 is 5.73 Å². The number of hydrogen-bond acceptors (Lipinski definition) is 3. The number of fused-ring (bicyclic) bond motifs is 1. The molecule has 3 N–H and O–H groups in total. The van der Waals surface area contributed by atoms with E-state index in [1.807, 2.05) is 42.8 Å². The van der Waals surface area contributed by atoms with Crippen molar-refractivity contribution in [2.75, 3.05) is 0 Å². The predicted octanol–water partition coefficient (Wildman–Crippen LogP) is 2.70. The Balaban J connectivity index is 2.03. The summed E-state index contributed by atoms with van der Waals surface area (Å²) < 4.78 is 1.86. The fourth-order valence-corrected chi connectivity index (χ4v) is 3.51. The van der Waals surface area contributed by atoms with E-state index in [0.29, 0.717) is 17.9 Å². The van der Waals surface area contributed by atoms with Crippen molar-refractivity contribution in [3.8, 4) is 0 Å². The number of hydrogen-bond donors (Lipinski definition) is 2. The Hall–Kier alpha value is -1.36. The first-order valence-corrected chi connectivity index (χ1v) is 7.63. The zero-order valence-electron chi connectivity index (χ0n) is 12.3. The Kier molecular flexibility index (Phi) is 3.56. The Morgan fingerprint density at radius 1 is 1.48 bits per heavy atom. The molecule has 2 unspecified atom stereocenters. The maximum absolute atomic E-state index is 11.1. The summed E-state index contributed by atoms with van der Waals surface area (Å²) in [4.78, 5) is 0. The van der Waals surface area contributed by atoms with Crippen molar-refractivity contribution >= 4 is 11.6 Å². The largest absolute Gasteiger partial charge is 0.385 e. The molecule has 1 heterocycles. The van der Waals surface area contributed by atoms with E-state index < -0.39 is 5.60 Å². The van der Waals surface area contributed by atoms with Crippen molar-refractivity contribution < 1.29 is 5.11 Å². The van der Waals surface area contributed by atoms with Gasteiger partial charge in [0.25, 0.3) is 0 Å². The van der Waals surface area contributed by atoms with Gasteiger partial charge in [-0.2, -0.15) is 5.10 Å². The van der Waals surface area contributed by atoms with Crippen LogP contribution in [0.5, 0.6) is 0 Å². The van der Waals surface area contributed by atoms with Crippen molar-refractivity contribution in [3.63, 3.8) is 0 Å². The van der Waals surface area contributed by atoms with Crippen LogP contribution >= 0.6 is 11.6 Å². The zero-order valence-corrected chi connectivity index (χ0v) is 13.1. The fourth-order valence-electron chi connectivity index (χ4n) is 3.31. The van der Waals surface area contributed by atoms with Crippen molar-refractivity contribution in [2.45, 2.75) is 44.9 Å². The average molecular weight is 306 g/mol. The van der Waals surface area contributed by atoms with Gasteiger partial charge in [-0.1, -0.05) is 35.9 Å². The highest BCUT2D eigenvalue weighted by atomic mass is 35.5. The summed E-state index contributed by atoms with van der Waals surface area (Å²) in [5.74, 6) is 0. The van der Waals surface area contributed by atoms with Gasteiger partial charge in [0.1, 0.15) is 0 Å². The van der Waals surface area contributed by atoms with Gasteiger partial charge in [-0.15, -0.1) is 0 Å². The van der Waals surface area contributed by atoms with Crippen molar-refractivity contribution in [2.24, 2.45) is 5.73 Å². The lowest BCUT2D eigenvalue weighted by atomic mass is 9.90. The minimum absolute atomic E-state index is 0.135. The number of nitrogens with two attached hydrogens (primary N) is 1. The van der Waals surface area contributed by atoms with E-state index in [1.54, 1.807) is 0 Å². The molecule has 1 aliphatic carbocycles. The van der Waals surface area contributed by atoms with Gasteiger partial charge in [-0.05, 0) is 31.4 Å². The van der Waals surface area contributed by atoms with Crippen LogP contribution in [0.4, 0.5) is 0 Å². The third kappa shape index (κ3) is 2.27. The second-order valence-electron chi connectivity index (χ2n) is 5.77. The first-order valence-electron chi connectivity index (χ1n) is 7.25. The van der Waals surface area contributed by atoms with E-state index in [4.69, 9.17) is 17.3 Å². The van der Waals surface area contributed by atoms with E-state index in [9.17, 15) is 5.11 Å². The molecule has 1 aliphatic rings. The van der Waals surface area contributed by atoms with Crippen LogP contribution in [0.1, 0.15) is 41.9 Å². The minimum atomic E-state index is -0.973. The number of rotatable bonds is 3. The van der Waals surface area contributed by atoms with E-state index in [2.05, 4.69) is 5.10 Å². The fraction of sp³-hybridized carbons (Fsp3) is 0.438. The van der Waals surface area contributed by atoms with Crippen LogP contribution in [0, 0.1) is 6.92 Å².